The Hall–Kier alpha value is -1.71. The van der Waals surface area contributed by atoms with E-state index in [1.165, 1.54) is 5.56 Å². The molecule has 0 saturated carbocycles. The summed E-state index contributed by atoms with van der Waals surface area (Å²) in [5.41, 5.74) is 2.23. The van der Waals surface area contributed by atoms with Crippen LogP contribution >= 0.6 is 23.2 Å². The predicted octanol–water partition coefficient (Wildman–Crippen LogP) is 4.00. The highest BCUT2D eigenvalue weighted by molar-refractivity contribution is 6.35. The highest BCUT2D eigenvalue weighted by Gasteiger charge is 2.06. The first-order valence-corrected chi connectivity index (χ1v) is 7.20. The zero-order valence-electron chi connectivity index (χ0n) is 11.5. The number of carbonyl (C=O) groups excluding carboxylic acids is 1. The van der Waals surface area contributed by atoms with E-state index in [0.29, 0.717) is 22.3 Å². The molecule has 0 bridgehead atoms. The first-order valence-electron chi connectivity index (χ1n) is 6.44. The highest BCUT2D eigenvalue weighted by Crippen LogP contribution is 2.27. The summed E-state index contributed by atoms with van der Waals surface area (Å²) in [5, 5.41) is 3.69. The van der Waals surface area contributed by atoms with Crippen LogP contribution in [0, 0.1) is 6.92 Å². The summed E-state index contributed by atoms with van der Waals surface area (Å²) >= 11 is 11.7. The molecule has 1 N–H and O–H groups in total. The number of amides is 1. The molecule has 0 fully saturated rings. The van der Waals surface area contributed by atoms with E-state index in [1.807, 2.05) is 31.2 Å². The summed E-state index contributed by atoms with van der Waals surface area (Å²) in [6, 6.07) is 12.8. The second-order valence-corrected chi connectivity index (χ2v) is 5.47. The fourth-order valence-corrected chi connectivity index (χ4v) is 2.16. The zero-order valence-corrected chi connectivity index (χ0v) is 13.0. The molecular weight excluding hydrogens is 309 g/mol. The zero-order chi connectivity index (χ0) is 15.2. The Labute approximate surface area is 133 Å². The number of rotatable bonds is 5. The average Bonchev–Trinajstić information content (AvgIpc) is 2.46. The molecule has 0 atom stereocenters. The molecule has 0 spiro atoms. The molecule has 0 saturated heterocycles. The molecule has 3 nitrogen and oxygen atoms in total. The van der Waals surface area contributed by atoms with E-state index in [9.17, 15) is 4.79 Å². The van der Waals surface area contributed by atoms with E-state index in [4.69, 9.17) is 27.9 Å². The van der Waals surface area contributed by atoms with Gasteiger partial charge in [0.1, 0.15) is 5.75 Å². The summed E-state index contributed by atoms with van der Waals surface area (Å²) in [7, 11) is 0. The maximum atomic E-state index is 11.7. The molecule has 2 rings (SSSR count). The van der Waals surface area contributed by atoms with E-state index in [-0.39, 0.29) is 12.5 Å². The summed E-state index contributed by atoms with van der Waals surface area (Å²) < 4.78 is 5.36. The maximum absolute atomic E-state index is 11.7. The Morgan fingerprint density at radius 3 is 2.52 bits per heavy atom. The van der Waals surface area contributed by atoms with Gasteiger partial charge >= 0.3 is 0 Å². The number of aryl methyl sites for hydroxylation is 1. The SMILES string of the molecule is Cc1ccc(CNC(=O)COc2ccc(Cl)cc2Cl)cc1. The fourth-order valence-electron chi connectivity index (χ4n) is 1.69. The molecule has 5 heteroatoms. The third kappa shape index (κ3) is 4.96. The summed E-state index contributed by atoms with van der Waals surface area (Å²) in [4.78, 5) is 11.7. The quantitative estimate of drug-likeness (QED) is 0.903. The molecule has 2 aromatic carbocycles. The second kappa shape index (κ2) is 7.34. The molecule has 0 heterocycles. The summed E-state index contributed by atoms with van der Waals surface area (Å²) in [6.45, 7) is 2.40. The van der Waals surface area contributed by atoms with E-state index < -0.39 is 0 Å². The van der Waals surface area contributed by atoms with Gasteiger partial charge in [-0.25, -0.2) is 0 Å². The minimum absolute atomic E-state index is 0.0901. The lowest BCUT2D eigenvalue weighted by atomic mass is 10.1. The molecule has 1 amide bonds. The minimum atomic E-state index is -0.207. The summed E-state index contributed by atoms with van der Waals surface area (Å²) in [5.74, 6) is 0.230. The Morgan fingerprint density at radius 2 is 1.86 bits per heavy atom. The van der Waals surface area contributed by atoms with Gasteiger partial charge < -0.3 is 10.1 Å². The number of benzene rings is 2. The van der Waals surface area contributed by atoms with Crippen molar-refractivity contribution in [2.75, 3.05) is 6.61 Å². The lowest BCUT2D eigenvalue weighted by molar-refractivity contribution is -0.123. The summed E-state index contributed by atoms with van der Waals surface area (Å²) in [6.07, 6.45) is 0. The van der Waals surface area contributed by atoms with Crippen LogP contribution in [0.4, 0.5) is 0 Å². The van der Waals surface area contributed by atoms with E-state index >= 15 is 0 Å². The van der Waals surface area contributed by atoms with Crippen molar-refractivity contribution in [3.63, 3.8) is 0 Å². The number of hydrogen-bond acceptors (Lipinski definition) is 2. The minimum Gasteiger partial charge on any atom is -0.482 e. The Bertz CT molecular complexity index is 627. The van der Waals surface area contributed by atoms with Gasteiger partial charge in [-0.3, -0.25) is 4.79 Å². The number of hydrogen-bond donors (Lipinski definition) is 1. The van der Waals surface area contributed by atoms with Crippen molar-refractivity contribution in [2.45, 2.75) is 13.5 Å². The van der Waals surface area contributed by atoms with Gasteiger partial charge in [0.25, 0.3) is 5.91 Å². The van der Waals surface area contributed by atoms with Crippen LogP contribution in [0.3, 0.4) is 0 Å². The second-order valence-electron chi connectivity index (χ2n) is 4.63. The van der Waals surface area contributed by atoms with Crippen LogP contribution in [0.5, 0.6) is 5.75 Å². The molecular formula is C16H15Cl2NO2. The van der Waals surface area contributed by atoms with Gasteiger partial charge in [-0.05, 0) is 30.7 Å². The van der Waals surface area contributed by atoms with Crippen molar-refractivity contribution in [1.29, 1.82) is 0 Å². The average molecular weight is 324 g/mol. The Balaban J connectivity index is 1.80. The van der Waals surface area contributed by atoms with E-state index in [2.05, 4.69) is 5.32 Å². The molecule has 110 valence electrons. The normalized spacial score (nSPS) is 10.2. The lowest BCUT2D eigenvalue weighted by Crippen LogP contribution is -2.28. The van der Waals surface area contributed by atoms with E-state index in [1.54, 1.807) is 18.2 Å². The van der Waals surface area contributed by atoms with Crippen molar-refractivity contribution in [1.82, 2.24) is 5.32 Å². The Morgan fingerprint density at radius 1 is 1.14 bits per heavy atom. The first-order chi connectivity index (χ1) is 10.0. The molecule has 0 unspecified atom stereocenters. The van der Waals surface area contributed by atoms with Crippen LogP contribution in [-0.2, 0) is 11.3 Å². The van der Waals surface area contributed by atoms with Gasteiger partial charge in [0.2, 0.25) is 0 Å². The third-order valence-corrected chi connectivity index (χ3v) is 3.39. The topological polar surface area (TPSA) is 38.3 Å². The van der Waals surface area contributed by atoms with Crippen molar-refractivity contribution < 1.29 is 9.53 Å². The van der Waals surface area contributed by atoms with Crippen LogP contribution in [0.15, 0.2) is 42.5 Å². The van der Waals surface area contributed by atoms with Crippen molar-refractivity contribution in [3.8, 4) is 5.75 Å². The van der Waals surface area contributed by atoms with Crippen LogP contribution in [0.2, 0.25) is 10.0 Å². The smallest absolute Gasteiger partial charge is 0.258 e. The fraction of sp³-hybridized carbons (Fsp3) is 0.188. The number of nitrogens with one attached hydrogen (secondary N) is 1. The van der Waals surface area contributed by atoms with Crippen LogP contribution in [-0.4, -0.2) is 12.5 Å². The van der Waals surface area contributed by atoms with Crippen molar-refractivity contribution in [3.05, 3.63) is 63.6 Å². The third-order valence-electron chi connectivity index (χ3n) is 2.86. The number of halogens is 2. The van der Waals surface area contributed by atoms with Gasteiger partial charge in [0.05, 0.1) is 5.02 Å². The van der Waals surface area contributed by atoms with Gasteiger partial charge in [-0.15, -0.1) is 0 Å². The monoisotopic (exact) mass is 323 g/mol. The van der Waals surface area contributed by atoms with Crippen LogP contribution in [0.1, 0.15) is 11.1 Å². The van der Waals surface area contributed by atoms with Crippen molar-refractivity contribution in [2.24, 2.45) is 0 Å². The van der Waals surface area contributed by atoms with Gasteiger partial charge in [-0.2, -0.15) is 0 Å². The van der Waals surface area contributed by atoms with Crippen LogP contribution in [0.25, 0.3) is 0 Å². The first kappa shape index (κ1) is 15.7. The number of carbonyl (C=O) groups is 1. The van der Waals surface area contributed by atoms with Gasteiger partial charge in [-0.1, -0.05) is 53.0 Å². The van der Waals surface area contributed by atoms with Gasteiger partial charge in [0.15, 0.2) is 6.61 Å². The number of ether oxygens (including phenoxy) is 1. The molecule has 2 aromatic rings. The molecule has 0 aliphatic rings. The van der Waals surface area contributed by atoms with Crippen LogP contribution < -0.4 is 10.1 Å². The maximum Gasteiger partial charge on any atom is 0.258 e. The molecule has 21 heavy (non-hydrogen) atoms. The standard InChI is InChI=1S/C16H15Cl2NO2/c1-11-2-4-12(5-3-11)9-19-16(20)10-21-15-7-6-13(17)8-14(15)18/h2-8H,9-10H2,1H3,(H,19,20). The predicted molar refractivity (Wildman–Crippen MR) is 85.0 cm³/mol. The molecule has 0 radical (unpaired) electrons. The molecule has 0 aliphatic heterocycles. The largest absolute Gasteiger partial charge is 0.482 e. The lowest BCUT2D eigenvalue weighted by Gasteiger charge is -2.09. The van der Waals surface area contributed by atoms with Crippen molar-refractivity contribution >= 4 is 29.1 Å². The molecule has 0 aliphatic carbocycles. The molecule has 0 aromatic heterocycles. The van der Waals surface area contributed by atoms with Gasteiger partial charge in [0, 0.05) is 11.6 Å². The Kier molecular flexibility index (Phi) is 5.48. The van der Waals surface area contributed by atoms with E-state index in [0.717, 1.165) is 5.56 Å². The highest BCUT2D eigenvalue weighted by atomic mass is 35.5.